The number of carbonyl (C=O) groups is 1. The van der Waals surface area contributed by atoms with Crippen LogP contribution in [0, 0.1) is 6.92 Å². The van der Waals surface area contributed by atoms with Crippen LogP contribution in [0.5, 0.6) is 0 Å². The van der Waals surface area contributed by atoms with Gasteiger partial charge in [-0.1, -0.05) is 74.1 Å². The summed E-state index contributed by atoms with van der Waals surface area (Å²) in [5, 5.41) is 12.6. The van der Waals surface area contributed by atoms with Crippen molar-refractivity contribution in [2.24, 2.45) is 0 Å². The van der Waals surface area contributed by atoms with Gasteiger partial charge in [0.25, 0.3) is 0 Å². The zero-order valence-electron chi connectivity index (χ0n) is 17.8. The van der Waals surface area contributed by atoms with Gasteiger partial charge < -0.3 is 5.32 Å². The van der Waals surface area contributed by atoms with Crippen molar-refractivity contribution in [1.82, 2.24) is 14.8 Å². The summed E-state index contributed by atoms with van der Waals surface area (Å²) in [5.41, 5.74) is 5.43. The molecular formula is C24H28N4OS. The lowest BCUT2D eigenvalue weighted by Gasteiger charge is -2.14. The molecule has 0 aliphatic heterocycles. The number of thioether (sulfide) groups is 1. The molecule has 156 valence electrons. The van der Waals surface area contributed by atoms with E-state index in [9.17, 15) is 4.79 Å². The quantitative estimate of drug-likeness (QED) is 0.377. The van der Waals surface area contributed by atoms with Crippen molar-refractivity contribution < 1.29 is 4.79 Å². The number of aromatic nitrogens is 3. The number of amides is 1. The Hall–Kier alpha value is -2.86. The van der Waals surface area contributed by atoms with Gasteiger partial charge >= 0.3 is 0 Å². The van der Waals surface area contributed by atoms with E-state index in [1.165, 1.54) is 11.8 Å². The van der Waals surface area contributed by atoms with Crippen LogP contribution in [0.15, 0.2) is 60.3 Å². The average molecular weight is 421 g/mol. The van der Waals surface area contributed by atoms with E-state index in [0.29, 0.717) is 11.7 Å². The maximum atomic E-state index is 12.7. The Morgan fingerprint density at radius 2 is 1.80 bits per heavy atom. The highest BCUT2D eigenvalue weighted by atomic mass is 32.2. The zero-order valence-corrected chi connectivity index (χ0v) is 18.6. The van der Waals surface area contributed by atoms with Crippen molar-refractivity contribution in [2.45, 2.75) is 45.3 Å². The number of aryl methyl sites for hydroxylation is 3. The van der Waals surface area contributed by atoms with E-state index in [4.69, 9.17) is 0 Å². The van der Waals surface area contributed by atoms with E-state index < -0.39 is 0 Å². The fraction of sp³-hybridized carbons (Fsp3) is 0.292. The number of rotatable bonds is 9. The second kappa shape index (κ2) is 10.3. The fourth-order valence-corrected chi connectivity index (χ4v) is 4.17. The minimum absolute atomic E-state index is 0.0406. The number of hydrogen-bond donors (Lipinski definition) is 1. The number of para-hydroxylation sites is 1. The minimum Gasteiger partial charge on any atom is -0.325 e. The van der Waals surface area contributed by atoms with Crippen molar-refractivity contribution in [3.05, 3.63) is 71.8 Å². The van der Waals surface area contributed by atoms with Gasteiger partial charge in [0, 0.05) is 17.8 Å². The number of nitrogens with one attached hydrogen (secondary N) is 1. The maximum absolute atomic E-state index is 12.7. The first-order valence-corrected chi connectivity index (χ1v) is 11.2. The summed E-state index contributed by atoms with van der Waals surface area (Å²) in [4.78, 5) is 12.7. The van der Waals surface area contributed by atoms with Crippen LogP contribution in [-0.2, 0) is 24.2 Å². The highest BCUT2D eigenvalue weighted by Gasteiger charge is 2.17. The van der Waals surface area contributed by atoms with Crippen LogP contribution in [0.3, 0.4) is 0 Å². The summed E-state index contributed by atoms with van der Waals surface area (Å²) < 4.78 is 2.00. The fourth-order valence-electron chi connectivity index (χ4n) is 3.42. The largest absolute Gasteiger partial charge is 0.325 e. The number of allylic oxidation sites excluding steroid dienone is 1. The van der Waals surface area contributed by atoms with Gasteiger partial charge in [-0.2, -0.15) is 0 Å². The Bertz CT molecular complexity index is 1020. The molecule has 3 aromatic rings. The lowest BCUT2D eigenvalue weighted by atomic mass is 10.0. The molecule has 2 aromatic carbocycles. The van der Waals surface area contributed by atoms with Crippen molar-refractivity contribution in [3.63, 3.8) is 0 Å². The van der Waals surface area contributed by atoms with Gasteiger partial charge in [0.05, 0.1) is 5.75 Å². The van der Waals surface area contributed by atoms with E-state index in [1.807, 2.05) is 34.9 Å². The monoisotopic (exact) mass is 420 g/mol. The molecule has 0 saturated heterocycles. The Labute approximate surface area is 182 Å². The van der Waals surface area contributed by atoms with Crippen LogP contribution in [-0.4, -0.2) is 26.4 Å². The molecule has 1 heterocycles. The smallest absolute Gasteiger partial charge is 0.234 e. The second-order valence-corrected chi connectivity index (χ2v) is 7.96. The topological polar surface area (TPSA) is 59.8 Å². The number of hydrogen-bond acceptors (Lipinski definition) is 4. The molecule has 3 rings (SSSR count). The summed E-state index contributed by atoms with van der Waals surface area (Å²) in [7, 11) is 0. The summed E-state index contributed by atoms with van der Waals surface area (Å²) >= 11 is 1.39. The van der Waals surface area contributed by atoms with Gasteiger partial charge in [0.15, 0.2) is 11.0 Å². The second-order valence-electron chi connectivity index (χ2n) is 7.02. The van der Waals surface area contributed by atoms with Gasteiger partial charge in [0.1, 0.15) is 0 Å². The molecule has 1 aromatic heterocycles. The highest BCUT2D eigenvalue weighted by molar-refractivity contribution is 7.99. The number of benzene rings is 2. The molecule has 0 radical (unpaired) electrons. The first-order chi connectivity index (χ1) is 14.6. The molecule has 0 bridgehead atoms. The van der Waals surface area contributed by atoms with Gasteiger partial charge in [0.2, 0.25) is 5.91 Å². The standard InChI is InChI=1S/C24H28N4OS/c1-5-15-28-23(20-14-9-8-11-17(20)4)26-27-24(28)30-16-21(29)25-22-18(6-2)12-10-13-19(22)7-3/h5,8-14H,1,6-7,15-16H2,2-4H3,(H,25,29). The Balaban J connectivity index is 1.77. The molecule has 0 aliphatic rings. The average Bonchev–Trinajstić information content (AvgIpc) is 3.15. The number of nitrogens with zero attached hydrogens (tertiary/aromatic N) is 3. The first-order valence-electron chi connectivity index (χ1n) is 10.2. The van der Waals surface area contributed by atoms with Crippen molar-refractivity contribution in [3.8, 4) is 11.4 Å². The molecule has 0 spiro atoms. The highest BCUT2D eigenvalue weighted by Crippen LogP contribution is 2.27. The summed E-state index contributed by atoms with van der Waals surface area (Å²) in [6, 6.07) is 14.3. The molecule has 0 fully saturated rings. The molecule has 1 N–H and O–H groups in total. The van der Waals surface area contributed by atoms with Gasteiger partial charge in [-0.05, 0) is 36.5 Å². The third-order valence-corrected chi connectivity index (χ3v) is 5.98. The molecule has 0 atom stereocenters. The summed E-state index contributed by atoms with van der Waals surface area (Å²) in [5.74, 6) is 1.02. The molecule has 0 saturated carbocycles. The van der Waals surface area contributed by atoms with Crippen LogP contribution in [0.2, 0.25) is 0 Å². The zero-order chi connectivity index (χ0) is 21.5. The van der Waals surface area contributed by atoms with E-state index in [1.54, 1.807) is 0 Å². The molecular weight excluding hydrogens is 392 g/mol. The number of carbonyl (C=O) groups excluding carboxylic acids is 1. The van der Waals surface area contributed by atoms with E-state index in [-0.39, 0.29) is 11.7 Å². The minimum atomic E-state index is -0.0406. The molecule has 30 heavy (non-hydrogen) atoms. The number of anilines is 1. The Morgan fingerprint density at radius 3 is 2.43 bits per heavy atom. The van der Waals surface area contributed by atoms with Gasteiger partial charge in [-0.3, -0.25) is 9.36 Å². The predicted molar refractivity (Wildman–Crippen MR) is 125 cm³/mol. The van der Waals surface area contributed by atoms with E-state index in [0.717, 1.165) is 46.6 Å². The van der Waals surface area contributed by atoms with Crippen molar-refractivity contribution in [1.29, 1.82) is 0 Å². The first kappa shape index (κ1) is 21.8. The summed E-state index contributed by atoms with van der Waals surface area (Å²) in [6.45, 7) is 10.7. The SMILES string of the molecule is C=CCn1c(SCC(=O)Nc2c(CC)cccc2CC)nnc1-c1ccccc1C. The van der Waals surface area contributed by atoms with E-state index in [2.05, 4.69) is 61.1 Å². The lowest BCUT2D eigenvalue weighted by molar-refractivity contribution is -0.113. The summed E-state index contributed by atoms with van der Waals surface area (Å²) in [6.07, 6.45) is 3.58. The lowest BCUT2D eigenvalue weighted by Crippen LogP contribution is -2.17. The molecule has 5 nitrogen and oxygen atoms in total. The van der Waals surface area contributed by atoms with Crippen LogP contribution in [0.1, 0.15) is 30.5 Å². The van der Waals surface area contributed by atoms with Gasteiger partial charge in [-0.15, -0.1) is 16.8 Å². The van der Waals surface area contributed by atoms with Crippen LogP contribution < -0.4 is 5.32 Å². The molecule has 0 aliphatic carbocycles. The molecule has 0 unspecified atom stereocenters. The van der Waals surface area contributed by atoms with Crippen molar-refractivity contribution in [2.75, 3.05) is 11.1 Å². The predicted octanol–water partition coefficient (Wildman–Crippen LogP) is 5.30. The third-order valence-electron chi connectivity index (χ3n) is 5.01. The normalized spacial score (nSPS) is 10.8. The third kappa shape index (κ3) is 4.82. The maximum Gasteiger partial charge on any atom is 0.234 e. The van der Waals surface area contributed by atoms with Crippen LogP contribution in [0.4, 0.5) is 5.69 Å². The van der Waals surface area contributed by atoms with Crippen LogP contribution >= 0.6 is 11.8 Å². The molecule has 6 heteroatoms. The van der Waals surface area contributed by atoms with E-state index >= 15 is 0 Å². The Kier molecular flexibility index (Phi) is 7.46. The van der Waals surface area contributed by atoms with Gasteiger partial charge in [-0.25, -0.2) is 0 Å². The van der Waals surface area contributed by atoms with Crippen LogP contribution in [0.25, 0.3) is 11.4 Å². The Morgan fingerprint density at radius 1 is 1.10 bits per heavy atom. The van der Waals surface area contributed by atoms with Crippen molar-refractivity contribution >= 4 is 23.4 Å². The molecule has 1 amide bonds.